The molecule has 1 heterocycles. The molecule has 1 rings (SSSR count). The highest BCUT2D eigenvalue weighted by molar-refractivity contribution is 5.76. The van der Waals surface area contributed by atoms with E-state index in [1.54, 1.807) is 6.08 Å². The van der Waals surface area contributed by atoms with Gasteiger partial charge in [0.05, 0.1) is 32.0 Å². The van der Waals surface area contributed by atoms with Gasteiger partial charge >= 0.3 is 5.97 Å². The summed E-state index contributed by atoms with van der Waals surface area (Å²) in [7, 11) is 0. The summed E-state index contributed by atoms with van der Waals surface area (Å²) >= 11 is 0. The third kappa shape index (κ3) is 42.0. The van der Waals surface area contributed by atoms with Crippen LogP contribution in [0, 0.1) is 0 Å². The maximum absolute atomic E-state index is 13.0. The van der Waals surface area contributed by atoms with Gasteiger partial charge in [0, 0.05) is 12.8 Å². The first-order valence-electron chi connectivity index (χ1n) is 31.3. The lowest BCUT2D eigenvalue weighted by atomic mass is 9.99. The molecule has 74 heavy (non-hydrogen) atoms. The Morgan fingerprint density at radius 3 is 1.36 bits per heavy atom. The molecule has 6 N–H and O–H groups in total. The monoisotopic (exact) mass is 1050 g/mol. The number of aliphatic hydroxyl groups is 5. The van der Waals surface area contributed by atoms with Crippen molar-refractivity contribution >= 4 is 11.9 Å². The fourth-order valence-corrected chi connectivity index (χ4v) is 9.74. The minimum absolute atomic E-state index is 0.00232. The van der Waals surface area contributed by atoms with Crippen LogP contribution in [0.4, 0.5) is 0 Å². The van der Waals surface area contributed by atoms with Gasteiger partial charge in [0.15, 0.2) is 6.29 Å². The van der Waals surface area contributed by atoms with Crippen LogP contribution in [0.5, 0.6) is 0 Å². The zero-order valence-electron chi connectivity index (χ0n) is 47.8. The van der Waals surface area contributed by atoms with Crippen LogP contribution < -0.4 is 5.32 Å². The summed E-state index contributed by atoms with van der Waals surface area (Å²) in [5.74, 6) is -0.196. The Hall–Kier alpha value is -2.12. The maximum atomic E-state index is 13.0. The number of ether oxygens (including phenoxy) is 3. The number of carbonyl (C=O) groups is 2. The topological polar surface area (TPSA) is 175 Å². The van der Waals surface area contributed by atoms with Gasteiger partial charge in [0.25, 0.3) is 0 Å². The SMILES string of the molecule is CCCCC/C=C/CC/C=C/C(O)C(COC1OC(CO)C(O)C(O)C1O)NC(=O)CCCCCCCCCC/C=C\CCCCCCCCCCCCCCOC(=O)CCCCCCCCCCCCCCC. The van der Waals surface area contributed by atoms with E-state index >= 15 is 0 Å². The Morgan fingerprint density at radius 2 is 0.878 bits per heavy atom. The lowest BCUT2D eigenvalue weighted by Gasteiger charge is -2.40. The highest BCUT2D eigenvalue weighted by atomic mass is 16.7. The lowest BCUT2D eigenvalue weighted by Crippen LogP contribution is -2.60. The highest BCUT2D eigenvalue weighted by Crippen LogP contribution is 2.23. The molecule has 0 aromatic rings. The van der Waals surface area contributed by atoms with Gasteiger partial charge in [0.1, 0.15) is 24.4 Å². The van der Waals surface area contributed by atoms with Crippen LogP contribution in [0.3, 0.4) is 0 Å². The maximum Gasteiger partial charge on any atom is 0.305 e. The molecule has 0 aliphatic carbocycles. The molecule has 434 valence electrons. The van der Waals surface area contributed by atoms with Crippen LogP contribution in [0.15, 0.2) is 36.5 Å². The molecule has 1 fully saturated rings. The smallest absolute Gasteiger partial charge is 0.305 e. The Labute approximate surface area is 453 Å². The first-order valence-corrected chi connectivity index (χ1v) is 31.3. The number of aliphatic hydroxyl groups excluding tert-OH is 5. The van der Waals surface area contributed by atoms with E-state index in [2.05, 4.69) is 43.5 Å². The van der Waals surface area contributed by atoms with E-state index in [4.69, 9.17) is 14.2 Å². The van der Waals surface area contributed by atoms with E-state index in [0.717, 1.165) is 70.6 Å². The standard InChI is InChI=1S/C63H117NO10/c1-3-5-7-9-11-13-14-27-31-35-39-43-47-51-59(68)72-52-48-44-40-36-32-29-26-24-22-20-18-16-15-17-19-21-23-25-28-30-34-38-42-46-50-58(67)64-55(56(66)49-45-41-37-33-12-10-8-6-4-2)54-73-63-62(71)61(70)60(69)57(53-65)74-63/h12,17,19,33,45,49,55-57,60-63,65-66,69-71H,3-11,13-16,18,20-32,34-44,46-48,50-54H2,1-2H3,(H,64,67)/b19-17-,33-12+,49-45+. The molecule has 0 spiro atoms. The highest BCUT2D eigenvalue weighted by Gasteiger charge is 2.44. The van der Waals surface area contributed by atoms with Crippen molar-refractivity contribution in [2.75, 3.05) is 19.8 Å². The summed E-state index contributed by atoms with van der Waals surface area (Å²) in [6.45, 7) is 4.28. The van der Waals surface area contributed by atoms with Gasteiger partial charge in [0.2, 0.25) is 5.91 Å². The molecule has 7 atom stereocenters. The van der Waals surface area contributed by atoms with Gasteiger partial charge < -0.3 is 45.1 Å². The molecule has 0 saturated carbocycles. The largest absolute Gasteiger partial charge is 0.466 e. The Balaban J connectivity index is 1.99. The molecule has 0 aromatic heterocycles. The fraction of sp³-hybridized carbons (Fsp3) is 0.873. The Bertz CT molecular complexity index is 1320. The van der Waals surface area contributed by atoms with Crippen molar-refractivity contribution in [1.82, 2.24) is 5.32 Å². The lowest BCUT2D eigenvalue weighted by molar-refractivity contribution is -0.302. The zero-order valence-corrected chi connectivity index (χ0v) is 47.8. The Kier molecular flexibility index (Phi) is 50.0. The number of unbranched alkanes of at least 4 members (excludes halogenated alkanes) is 36. The minimum Gasteiger partial charge on any atom is -0.466 e. The molecule has 11 nitrogen and oxygen atoms in total. The predicted octanol–water partition coefficient (Wildman–Crippen LogP) is 14.7. The average Bonchev–Trinajstić information content (AvgIpc) is 3.40. The number of hydrogen-bond acceptors (Lipinski definition) is 10. The number of rotatable bonds is 54. The van der Waals surface area contributed by atoms with Gasteiger partial charge in [-0.3, -0.25) is 9.59 Å². The van der Waals surface area contributed by atoms with Crippen molar-refractivity contribution in [2.45, 2.75) is 333 Å². The van der Waals surface area contributed by atoms with E-state index in [1.165, 1.54) is 193 Å². The molecule has 1 aliphatic rings. The summed E-state index contributed by atoms with van der Waals surface area (Å²) in [4.78, 5) is 25.0. The molecule has 0 radical (unpaired) electrons. The second kappa shape index (κ2) is 52.9. The van der Waals surface area contributed by atoms with E-state index < -0.39 is 49.5 Å². The molecule has 1 aliphatic heterocycles. The second-order valence-electron chi connectivity index (χ2n) is 21.8. The molecule has 7 unspecified atom stereocenters. The van der Waals surface area contributed by atoms with E-state index in [9.17, 15) is 35.1 Å². The van der Waals surface area contributed by atoms with Crippen LogP contribution in [0.2, 0.25) is 0 Å². The van der Waals surface area contributed by atoms with E-state index in [-0.39, 0.29) is 18.5 Å². The van der Waals surface area contributed by atoms with E-state index in [1.807, 2.05) is 6.08 Å². The third-order valence-corrected chi connectivity index (χ3v) is 14.7. The number of esters is 1. The number of allylic oxidation sites excluding steroid dienone is 5. The minimum atomic E-state index is -1.58. The van der Waals surface area contributed by atoms with Crippen molar-refractivity contribution in [2.24, 2.45) is 0 Å². The molecule has 1 amide bonds. The number of amides is 1. The van der Waals surface area contributed by atoms with E-state index in [0.29, 0.717) is 19.4 Å². The molecule has 0 aromatic carbocycles. The van der Waals surface area contributed by atoms with Crippen molar-refractivity contribution in [3.63, 3.8) is 0 Å². The molecular weight excluding hydrogens is 931 g/mol. The average molecular weight is 1050 g/mol. The van der Waals surface area contributed by atoms with Crippen LogP contribution in [-0.2, 0) is 23.8 Å². The van der Waals surface area contributed by atoms with Gasteiger partial charge in [-0.05, 0) is 70.6 Å². The summed E-state index contributed by atoms with van der Waals surface area (Å²) in [5, 5.41) is 54.2. The summed E-state index contributed by atoms with van der Waals surface area (Å²) in [5.41, 5.74) is 0. The molecule has 11 heteroatoms. The fourth-order valence-electron chi connectivity index (χ4n) is 9.74. The normalized spacial score (nSPS) is 19.0. The first kappa shape index (κ1) is 69.9. The van der Waals surface area contributed by atoms with Gasteiger partial charge in [-0.1, -0.05) is 243 Å². The van der Waals surface area contributed by atoms with Crippen LogP contribution in [0.25, 0.3) is 0 Å². The van der Waals surface area contributed by atoms with Gasteiger partial charge in [-0.15, -0.1) is 0 Å². The van der Waals surface area contributed by atoms with Crippen molar-refractivity contribution in [1.29, 1.82) is 0 Å². The van der Waals surface area contributed by atoms with Crippen molar-refractivity contribution in [3.8, 4) is 0 Å². The summed E-state index contributed by atoms with van der Waals surface area (Å²) in [6.07, 6.45) is 55.6. The quantitative estimate of drug-likeness (QED) is 0.0195. The van der Waals surface area contributed by atoms with Gasteiger partial charge in [-0.2, -0.15) is 0 Å². The summed E-state index contributed by atoms with van der Waals surface area (Å²) < 4.78 is 16.7. The van der Waals surface area contributed by atoms with Crippen LogP contribution in [0.1, 0.15) is 290 Å². The molecular formula is C63H117NO10. The second-order valence-corrected chi connectivity index (χ2v) is 21.8. The van der Waals surface area contributed by atoms with Crippen LogP contribution >= 0.6 is 0 Å². The Morgan fingerprint density at radius 1 is 0.486 bits per heavy atom. The summed E-state index contributed by atoms with van der Waals surface area (Å²) in [6, 6.07) is -0.829. The van der Waals surface area contributed by atoms with Crippen LogP contribution in [-0.4, -0.2) is 100 Å². The number of hydrogen-bond donors (Lipinski definition) is 6. The number of carbonyl (C=O) groups excluding carboxylic acids is 2. The van der Waals surface area contributed by atoms with Gasteiger partial charge in [-0.25, -0.2) is 0 Å². The first-order chi connectivity index (χ1) is 36.2. The van der Waals surface area contributed by atoms with Crippen molar-refractivity contribution < 1.29 is 49.3 Å². The third-order valence-electron chi connectivity index (χ3n) is 14.7. The molecule has 1 saturated heterocycles. The number of nitrogens with one attached hydrogen (secondary N) is 1. The predicted molar refractivity (Wildman–Crippen MR) is 306 cm³/mol. The van der Waals surface area contributed by atoms with Crippen molar-refractivity contribution in [3.05, 3.63) is 36.5 Å². The molecule has 0 bridgehead atoms. The zero-order chi connectivity index (χ0) is 53.8.